The van der Waals surface area contributed by atoms with Crippen molar-refractivity contribution < 1.29 is 14.3 Å². The number of anilines is 1. The first-order valence-corrected chi connectivity index (χ1v) is 12.3. The highest BCUT2D eigenvalue weighted by Crippen LogP contribution is 2.55. The first-order valence-electron chi connectivity index (χ1n) is 12.3. The van der Waals surface area contributed by atoms with E-state index in [0.717, 1.165) is 18.6 Å². The SMILES string of the molecule is CC12C=CC=CC(C1)C1=CC3CC(C=C3Oc3ccc4c(c3)C(=O)N(c3ccccc3)C4=O)C=C12. The maximum Gasteiger partial charge on any atom is 0.266 e. The largest absolute Gasteiger partial charge is 0.461 e. The molecule has 1 heterocycles. The van der Waals surface area contributed by atoms with Gasteiger partial charge in [-0.1, -0.05) is 61.6 Å². The molecule has 0 radical (unpaired) electrons. The molecule has 4 heteroatoms. The van der Waals surface area contributed by atoms with Crippen molar-refractivity contribution in [3.63, 3.8) is 0 Å². The van der Waals surface area contributed by atoms with Crippen molar-refractivity contribution in [2.24, 2.45) is 23.2 Å². The van der Waals surface area contributed by atoms with E-state index < -0.39 is 0 Å². The van der Waals surface area contributed by atoms with Crippen molar-refractivity contribution >= 4 is 17.5 Å². The average Bonchev–Trinajstić information content (AvgIpc) is 3.27. The first kappa shape index (κ1) is 20.5. The number of nitrogens with zero attached hydrogens (tertiary/aromatic N) is 1. The van der Waals surface area contributed by atoms with Crippen LogP contribution in [0, 0.1) is 23.2 Å². The molecule has 0 N–H and O–H groups in total. The summed E-state index contributed by atoms with van der Waals surface area (Å²) in [5.41, 5.74) is 4.38. The standard InChI is InChI=1S/C31H25NO3/c1-31-12-6-5-7-20(18-31)25-16-21-13-19(14-27(25)31)15-28(21)35-23-10-11-24-26(17-23)30(34)32(29(24)33)22-8-3-2-4-9-22/h2-12,14-17,19-21H,13,18H2,1H3. The molecule has 0 saturated heterocycles. The van der Waals surface area contributed by atoms with Crippen LogP contribution in [0.3, 0.4) is 0 Å². The zero-order valence-corrected chi connectivity index (χ0v) is 19.5. The molecular formula is C31H25NO3. The monoisotopic (exact) mass is 459 g/mol. The second kappa shape index (κ2) is 7.29. The molecule has 4 nitrogen and oxygen atoms in total. The number of benzene rings is 2. The van der Waals surface area contributed by atoms with Gasteiger partial charge in [-0.25, -0.2) is 4.90 Å². The number of rotatable bonds is 3. The third-order valence-corrected chi connectivity index (χ3v) is 8.03. The van der Waals surface area contributed by atoms with Gasteiger partial charge in [0.15, 0.2) is 0 Å². The highest BCUT2D eigenvalue weighted by Gasteiger charge is 2.44. The van der Waals surface area contributed by atoms with E-state index in [2.05, 4.69) is 49.5 Å². The van der Waals surface area contributed by atoms with Crippen LogP contribution in [-0.4, -0.2) is 11.8 Å². The summed E-state index contributed by atoms with van der Waals surface area (Å²) in [6.07, 6.45) is 18.2. The summed E-state index contributed by atoms with van der Waals surface area (Å²) < 4.78 is 6.38. The summed E-state index contributed by atoms with van der Waals surface area (Å²) in [6, 6.07) is 14.3. The molecular weight excluding hydrogens is 434 g/mol. The molecule has 1 saturated carbocycles. The number of imide groups is 1. The lowest BCUT2D eigenvalue weighted by Crippen LogP contribution is -2.29. The fourth-order valence-corrected chi connectivity index (χ4v) is 6.35. The van der Waals surface area contributed by atoms with Crippen LogP contribution in [0.15, 0.2) is 108 Å². The maximum atomic E-state index is 13.1. The molecule has 2 aromatic rings. The normalized spacial score (nSPS) is 29.8. The summed E-state index contributed by atoms with van der Waals surface area (Å²) in [7, 11) is 0. The zero-order chi connectivity index (χ0) is 23.7. The third kappa shape index (κ3) is 3.06. The Kier molecular flexibility index (Phi) is 4.26. The fraction of sp³-hybridized carbons (Fsp3) is 0.226. The Balaban J connectivity index is 1.19. The molecule has 35 heavy (non-hydrogen) atoms. The molecule has 7 rings (SSSR count). The van der Waals surface area contributed by atoms with Crippen LogP contribution in [0.4, 0.5) is 5.69 Å². The molecule has 2 amide bonds. The van der Waals surface area contributed by atoms with Crippen molar-refractivity contribution in [3.8, 4) is 5.75 Å². The number of para-hydroxylation sites is 1. The van der Waals surface area contributed by atoms with Gasteiger partial charge in [-0.05, 0) is 66.3 Å². The van der Waals surface area contributed by atoms with Gasteiger partial charge in [0.05, 0.1) is 16.8 Å². The zero-order valence-electron chi connectivity index (χ0n) is 19.5. The predicted octanol–water partition coefficient (Wildman–Crippen LogP) is 6.40. The van der Waals surface area contributed by atoms with E-state index in [1.165, 1.54) is 16.0 Å². The summed E-state index contributed by atoms with van der Waals surface area (Å²) >= 11 is 0. The average molecular weight is 460 g/mol. The minimum atomic E-state index is -0.310. The van der Waals surface area contributed by atoms with Gasteiger partial charge in [-0.3, -0.25) is 9.59 Å². The minimum Gasteiger partial charge on any atom is -0.461 e. The van der Waals surface area contributed by atoms with Crippen LogP contribution in [0.5, 0.6) is 5.75 Å². The molecule has 1 fully saturated rings. The Morgan fingerprint density at radius 2 is 1.74 bits per heavy atom. The lowest BCUT2D eigenvalue weighted by atomic mass is 9.82. The van der Waals surface area contributed by atoms with Gasteiger partial charge in [-0.15, -0.1) is 0 Å². The second-order valence-electron chi connectivity index (χ2n) is 10.3. The number of fused-ring (bicyclic) bond motifs is 8. The van der Waals surface area contributed by atoms with Gasteiger partial charge in [0.25, 0.3) is 11.8 Å². The Labute approximate surface area is 204 Å². The summed E-state index contributed by atoms with van der Waals surface area (Å²) in [5.74, 6) is 1.90. The number of carbonyl (C=O) groups excluding carboxylic acids is 2. The van der Waals surface area contributed by atoms with Crippen LogP contribution in [-0.2, 0) is 0 Å². The predicted molar refractivity (Wildman–Crippen MR) is 135 cm³/mol. The van der Waals surface area contributed by atoms with Gasteiger partial charge in [0.2, 0.25) is 0 Å². The van der Waals surface area contributed by atoms with Gasteiger partial charge >= 0.3 is 0 Å². The van der Waals surface area contributed by atoms with Gasteiger partial charge < -0.3 is 4.74 Å². The smallest absolute Gasteiger partial charge is 0.266 e. The van der Waals surface area contributed by atoms with E-state index in [-0.39, 0.29) is 23.1 Å². The van der Waals surface area contributed by atoms with Crippen LogP contribution in [0.25, 0.3) is 0 Å². The van der Waals surface area contributed by atoms with Crippen LogP contribution < -0.4 is 9.64 Å². The number of hydrogen-bond donors (Lipinski definition) is 0. The van der Waals surface area contributed by atoms with Crippen molar-refractivity contribution in [3.05, 3.63) is 119 Å². The van der Waals surface area contributed by atoms with Crippen molar-refractivity contribution in [2.45, 2.75) is 19.8 Å². The lowest BCUT2D eigenvalue weighted by molar-refractivity contribution is 0.0926. The number of ether oxygens (including phenoxy) is 1. The molecule has 4 atom stereocenters. The van der Waals surface area contributed by atoms with E-state index in [1.54, 1.807) is 30.3 Å². The Bertz CT molecular complexity index is 1440. The molecule has 4 aliphatic carbocycles. The topological polar surface area (TPSA) is 46.6 Å². The van der Waals surface area contributed by atoms with Gasteiger partial charge in [-0.2, -0.15) is 0 Å². The third-order valence-electron chi connectivity index (χ3n) is 8.03. The van der Waals surface area contributed by atoms with Gasteiger partial charge in [0.1, 0.15) is 11.5 Å². The molecule has 1 aliphatic heterocycles. The molecule has 0 spiro atoms. The number of carbonyl (C=O) groups is 2. The summed E-state index contributed by atoms with van der Waals surface area (Å²) in [5, 5.41) is 0. The lowest BCUT2D eigenvalue weighted by Gasteiger charge is -2.22. The Morgan fingerprint density at radius 3 is 2.60 bits per heavy atom. The molecule has 172 valence electrons. The van der Waals surface area contributed by atoms with E-state index in [0.29, 0.717) is 34.4 Å². The molecule has 2 aromatic carbocycles. The summed E-state index contributed by atoms with van der Waals surface area (Å²) in [4.78, 5) is 27.3. The second-order valence-corrected chi connectivity index (χ2v) is 10.3. The fourth-order valence-electron chi connectivity index (χ4n) is 6.35. The maximum absolute atomic E-state index is 13.1. The molecule has 5 aliphatic rings. The number of allylic oxidation sites excluding steroid dienone is 9. The van der Waals surface area contributed by atoms with Crippen molar-refractivity contribution in [1.29, 1.82) is 0 Å². The van der Waals surface area contributed by atoms with E-state index >= 15 is 0 Å². The van der Waals surface area contributed by atoms with Gasteiger partial charge in [0, 0.05) is 17.3 Å². The van der Waals surface area contributed by atoms with Crippen molar-refractivity contribution in [2.75, 3.05) is 4.90 Å². The van der Waals surface area contributed by atoms with E-state index in [1.807, 2.05) is 18.2 Å². The molecule has 4 unspecified atom stereocenters. The highest BCUT2D eigenvalue weighted by atomic mass is 16.5. The number of amides is 2. The summed E-state index contributed by atoms with van der Waals surface area (Å²) in [6.45, 7) is 2.35. The minimum absolute atomic E-state index is 0.0941. The highest BCUT2D eigenvalue weighted by molar-refractivity contribution is 6.34. The Hall–Kier alpha value is -3.92. The first-order chi connectivity index (χ1) is 17.0. The molecule has 0 aromatic heterocycles. The van der Waals surface area contributed by atoms with Crippen molar-refractivity contribution in [1.82, 2.24) is 0 Å². The number of hydrogen-bond acceptors (Lipinski definition) is 3. The quantitative estimate of drug-likeness (QED) is 0.499. The van der Waals surface area contributed by atoms with Crippen LogP contribution in [0.1, 0.15) is 40.5 Å². The van der Waals surface area contributed by atoms with Crippen LogP contribution in [0.2, 0.25) is 0 Å². The molecule has 4 bridgehead atoms. The van der Waals surface area contributed by atoms with Crippen LogP contribution >= 0.6 is 0 Å². The Morgan fingerprint density at radius 1 is 0.914 bits per heavy atom. The van der Waals surface area contributed by atoms with E-state index in [9.17, 15) is 9.59 Å². The van der Waals surface area contributed by atoms with E-state index in [4.69, 9.17) is 4.74 Å².